The number of allylic oxidation sites excluding steroid dienone is 3. The van der Waals surface area contributed by atoms with Crippen LogP contribution in [-0.4, -0.2) is 23.0 Å². The minimum absolute atomic E-state index is 0.0919. The Morgan fingerprint density at radius 3 is 2.65 bits per heavy atom. The van der Waals surface area contributed by atoms with Gasteiger partial charge in [0.05, 0.1) is 10.6 Å². The van der Waals surface area contributed by atoms with Gasteiger partial charge in [-0.25, -0.2) is 4.99 Å². The number of amidine groups is 1. The van der Waals surface area contributed by atoms with Crippen LogP contribution < -0.4 is 0 Å². The van der Waals surface area contributed by atoms with Crippen LogP contribution in [0.15, 0.2) is 65.0 Å². The van der Waals surface area contributed by atoms with Crippen molar-refractivity contribution in [1.82, 2.24) is 4.90 Å². The maximum Gasteiger partial charge on any atom is 0.266 e. The molecule has 0 atom stereocenters. The van der Waals surface area contributed by atoms with Crippen molar-refractivity contribution in [3.05, 3.63) is 65.1 Å². The summed E-state index contributed by atoms with van der Waals surface area (Å²) in [5.74, 6) is -0.0919. The zero-order chi connectivity index (χ0) is 14.7. The molecule has 20 heavy (non-hydrogen) atoms. The number of hydrogen-bond acceptors (Lipinski definition) is 3. The number of carbonyl (C=O) groups is 1. The molecule has 5 heteroatoms. The standard InChI is InChI=1S/C15H13ClN2OS/c1-4-10(2)9-13-14(19)18(3)15(20-13)17-12-7-5-11(16)6-8-12/h4-9H,1-2H2,3H3/b13-9-,17-15?. The number of amides is 1. The summed E-state index contributed by atoms with van der Waals surface area (Å²) >= 11 is 7.15. The lowest BCUT2D eigenvalue weighted by molar-refractivity contribution is -0.121. The third-order valence-electron chi connectivity index (χ3n) is 2.63. The molecule has 0 spiro atoms. The Balaban J connectivity index is 2.28. The summed E-state index contributed by atoms with van der Waals surface area (Å²) in [5, 5.41) is 1.28. The minimum Gasteiger partial charge on any atom is -0.290 e. The molecule has 0 aromatic heterocycles. The van der Waals surface area contributed by atoms with Gasteiger partial charge in [-0.3, -0.25) is 9.69 Å². The van der Waals surface area contributed by atoms with E-state index in [1.54, 1.807) is 43.5 Å². The molecule has 1 aromatic rings. The number of aliphatic imine (C=N–C) groups is 1. The van der Waals surface area contributed by atoms with E-state index in [1.165, 1.54) is 16.7 Å². The molecule has 1 aromatic carbocycles. The fraction of sp³-hybridized carbons (Fsp3) is 0.0667. The number of rotatable bonds is 3. The second-order valence-electron chi connectivity index (χ2n) is 4.12. The van der Waals surface area contributed by atoms with E-state index < -0.39 is 0 Å². The van der Waals surface area contributed by atoms with Crippen molar-refractivity contribution in [3.63, 3.8) is 0 Å². The molecule has 2 rings (SSSR count). The molecule has 0 radical (unpaired) electrons. The molecule has 1 fully saturated rings. The predicted molar refractivity (Wildman–Crippen MR) is 86.3 cm³/mol. The Morgan fingerprint density at radius 2 is 2.05 bits per heavy atom. The molecule has 0 N–H and O–H groups in total. The van der Waals surface area contributed by atoms with Crippen LogP contribution in [0.3, 0.4) is 0 Å². The average Bonchev–Trinajstić information content (AvgIpc) is 2.69. The molecular formula is C15H13ClN2OS. The Labute approximate surface area is 127 Å². The molecule has 0 unspecified atom stereocenters. The molecule has 1 saturated heterocycles. The van der Waals surface area contributed by atoms with Crippen molar-refractivity contribution in [2.45, 2.75) is 0 Å². The molecule has 0 bridgehead atoms. The van der Waals surface area contributed by atoms with Crippen molar-refractivity contribution in [1.29, 1.82) is 0 Å². The van der Waals surface area contributed by atoms with Gasteiger partial charge in [0, 0.05) is 12.1 Å². The van der Waals surface area contributed by atoms with Gasteiger partial charge in [0.25, 0.3) is 5.91 Å². The Morgan fingerprint density at radius 1 is 1.40 bits per heavy atom. The summed E-state index contributed by atoms with van der Waals surface area (Å²) in [5.41, 5.74) is 1.45. The molecule has 102 valence electrons. The minimum atomic E-state index is -0.0919. The fourth-order valence-corrected chi connectivity index (χ4v) is 2.63. The summed E-state index contributed by atoms with van der Waals surface area (Å²) in [7, 11) is 1.70. The summed E-state index contributed by atoms with van der Waals surface area (Å²) in [6, 6.07) is 7.13. The normalized spacial score (nSPS) is 18.9. The van der Waals surface area contributed by atoms with Crippen LogP contribution in [0.25, 0.3) is 0 Å². The van der Waals surface area contributed by atoms with Crippen molar-refractivity contribution < 1.29 is 4.79 Å². The second kappa shape index (κ2) is 6.11. The predicted octanol–water partition coefficient (Wildman–Crippen LogP) is 4.16. The van der Waals surface area contributed by atoms with Crippen LogP contribution in [0, 0.1) is 0 Å². The highest BCUT2D eigenvalue weighted by atomic mass is 35.5. The third-order valence-corrected chi connectivity index (χ3v) is 3.95. The first kappa shape index (κ1) is 14.6. The van der Waals surface area contributed by atoms with Crippen LogP contribution in [0.1, 0.15) is 0 Å². The summed E-state index contributed by atoms with van der Waals surface area (Å²) < 4.78 is 0. The third kappa shape index (κ3) is 3.21. The van der Waals surface area contributed by atoms with E-state index in [9.17, 15) is 4.79 Å². The number of halogens is 1. The Bertz CT molecular complexity index is 632. The van der Waals surface area contributed by atoms with Crippen molar-refractivity contribution >= 4 is 40.1 Å². The smallest absolute Gasteiger partial charge is 0.266 e. The van der Waals surface area contributed by atoms with Gasteiger partial charge >= 0.3 is 0 Å². The zero-order valence-corrected chi connectivity index (χ0v) is 12.5. The van der Waals surface area contributed by atoms with E-state index in [1.807, 2.05) is 0 Å². The van der Waals surface area contributed by atoms with Crippen LogP contribution in [-0.2, 0) is 4.79 Å². The van der Waals surface area contributed by atoms with Gasteiger partial charge in [0.15, 0.2) is 5.17 Å². The van der Waals surface area contributed by atoms with Gasteiger partial charge in [0.2, 0.25) is 0 Å². The van der Waals surface area contributed by atoms with Gasteiger partial charge in [-0.1, -0.05) is 30.8 Å². The first-order chi connectivity index (χ1) is 9.51. The fourth-order valence-electron chi connectivity index (χ4n) is 1.51. The summed E-state index contributed by atoms with van der Waals surface area (Å²) in [4.78, 5) is 18.6. The maximum absolute atomic E-state index is 12.1. The number of likely N-dealkylation sites (N-methyl/N-ethyl adjacent to an activating group) is 1. The summed E-state index contributed by atoms with van der Waals surface area (Å²) in [6.07, 6.45) is 3.32. The quantitative estimate of drug-likeness (QED) is 0.620. The molecule has 1 aliphatic rings. The lowest BCUT2D eigenvalue weighted by atomic mass is 10.2. The van der Waals surface area contributed by atoms with E-state index in [0.717, 1.165) is 5.69 Å². The highest BCUT2D eigenvalue weighted by Crippen LogP contribution is 2.32. The van der Waals surface area contributed by atoms with Crippen molar-refractivity contribution in [2.24, 2.45) is 4.99 Å². The van der Waals surface area contributed by atoms with Crippen molar-refractivity contribution in [3.8, 4) is 0 Å². The van der Waals surface area contributed by atoms with E-state index in [2.05, 4.69) is 18.2 Å². The highest BCUT2D eigenvalue weighted by Gasteiger charge is 2.30. The average molecular weight is 305 g/mol. The zero-order valence-electron chi connectivity index (χ0n) is 11.0. The lowest BCUT2D eigenvalue weighted by Gasteiger charge is -2.06. The monoisotopic (exact) mass is 304 g/mol. The van der Waals surface area contributed by atoms with Gasteiger partial charge in [-0.2, -0.15) is 0 Å². The second-order valence-corrected chi connectivity index (χ2v) is 5.57. The number of thioether (sulfide) groups is 1. The van der Waals surface area contributed by atoms with Crippen LogP contribution in [0.4, 0.5) is 5.69 Å². The Kier molecular flexibility index (Phi) is 4.47. The van der Waals surface area contributed by atoms with Gasteiger partial charge < -0.3 is 0 Å². The topological polar surface area (TPSA) is 32.7 Å². The molecular weight excluding hydrogens is 292 g/mol. The Hall–Kier alpha value is -1.78. The van der Waals surface area contributed by atoms with Crippen LogP contribution in [0.2, 0.25) is 5.02 Å². The molecule has 1 amide bonds. The number of nitrogens with zero attached hydrogens (tertiary/aromatic N) is 2. The largest absolute Gasteiger partial charge is 0.290 e. The van der Waals surface area contributed by atoms with Gasteiger partial charge in [0.1, 0.15) is 0 Å². The maximum atomic E-state index is 12.1. The molecule has 1 aliphatic heterocycles. The SMILES string of the molecule is C=CC(=C)/C=C1\SC(=Nc2ccc(Cl)cc2)N(C)C1=O. The van der Waals surface area contributed by atoms with Gasteiger partial charge in [-0.05, 0) is 47.7 Å². The van der Waals surface area contributed by atoms with E-state index in [4.69, 9.17) is 11.6 Å². The molecule has 1 heterocycles. The molecule has 3 nitrogen and oxygen atoms in total. The number of benzene rings is 1. The summed E-state index contributed by atoms with van der Waals surface area (Å²) in [6.45, 7) is 7.40. The van der Waals surface area contributed by atoms with Crippen molar-refractivity contribution in [2.75, 3.05) is 7.05 Å². The van der Waals surface area contributed by atoms with E-state index in [-0.39, 0.29) is 5.91 Å². The first-order valence-electron chi connectivity index (χ1n) is 5.84. The highest BCUT2D eigenvalue weighted by molar-refractivity contribution is 8.18. The lowest BCUT2D eigenvalue weighted by Crippen LogP contribution is -2.23. The number of hydrogen-bond donors (Lipinski definition) is 0. The first-order valence-corrected chi connectivity index (χ1v) is 7.04. The van der Waals surface area contributed by atoms with E-state index in [0.29, 0.717) is 20.7 Å². The van der Waals surface area contributed by atoms with Crippen LogP contribution >= 0.6 is 23.4 Å². The van der Waals surface area contributed by atoms with Crippen LogP contribution in [0.5, 0.6) is 0 Å². The van der Waals surface area contributed by atoms with Gasteiger partial charge in [-0.15, -0.1) is 0 Å². The molecule has 0 aliphatic carbocycles. The molecule has 0 saturated carbocycles. The number of carbonyl (C=O) groups excluding carboxylic acids is 1. The van der Waals surface area contributed by atoms with E-state index >= 15 is 0 Å².